The molecule has 9 heteroatoms. The third-order valence-corrected chi connectivity index (χ3v) is 5.12. The van der Waals surface area contributed by atoms with Crippen molar-refractivity contribution in [3.05, 3.63) is 53.6 Å². The minimum Gasteiger partial charge on any atom is -0.550 e. The van der Waals surface area contributed by atoms with E-state index in [1.54, 1.807) is 10.9 Å². The molecule has 0 aliphatic carbocycles. The Bertz CT molecular complexity index is 1080. The Morgan fingerprint density at radius 3 is 2.18 bits per heavy atom. The van der Waals surface area contributed by atoms with Crippen LogP contribution < -0.4 is 15.3 Å². The van der Waals surface area contributed by atoms with Crippen LogP contribution >= 0.6 is 0 Å². The van der Waals surface area contributed by atoms with Crippen LogP contribution in [-0.2, 0) is 15.0 Å². The summed E-state index contributed by atoms with van der Waals surface area (Å²) < 4.78 is 0. The quantitative estimate of drug-likeness (QED) is 0.461. The number of rotatable bonds is 7. The zero-order chi connectivity index (χ0) is 25.5. The number of benzene rings is 2. The van der Waals surface area contributed by atoms with Crippen molar-refractivity contribution in [3.8, 4) is 5.75 Å². The fraction of sp³-hybridized carbons (Fsp3) is 0.440. The molecule has 3 rings (SSSR count). The smallest absolute Gasteiger partial charge is 0.222 e. The van der Waals surface area contributed by atoms with Gasteiger partial charge in [-0.25, -0.2) is 0 Å². The summed E-state index contributed by atoms with van der Waals surface area (Å²) >= 11 is 0. The molecule has 0 bridgehead atoms. The maximum Gasteiger partial charge on any atom is 0.222 e. The Morgan fingerprint density at radius 2 is 1.68 bits per heavy atom. The molecule has 1 amide bonds. The Labute approximate surface area is 200 Å². The number of carbonyl (C=O) groups is 2. The molecule has 1 unspecified atom stereocenters. The highest BCUT2D eigenvalue weighted by atomic mass is 16.4. The van der Waals surface area contributed by atoms with Gasteiger partial charge in [-0.3, -0.25) is 4.79 Å². The number of carboxylic acids is 1. The largest absolute Gasteiger partial charge is 0.550 e. The van der Waals surface area contributed by atoms with Crippen molar-refractivity contribution >= 4 is 22.9 Å². The van der Waals surface area contributed by atoms with E-state index in [0.29, 0.717) is 6.54 Å². The number of phenols is 1. The monoisotopic (exact) mass is 469 g/mol. The first kappa shape index (κ1) is 26.8. The lowest BCUT2D eigenvalue weighted by molar-refractivity contribution is -0.856. The number of aromatic nitrogens is 3. The molecule has 9 nitrogen and oxygen atoms in total. The van der Waals surface area contributed by atoms with E-state index in [1.165, 1.54) is 4.90 Å². The van der Waals surface area contributed by atoms with Crippen LogP contribution in [0.2, 0.25) is 0 Å². The molecular weight excluding hydrogens is 434 g/mol. The van der Waals surface area contributed by atoms with E-state index < -0.39 is 5.97 Å². The number of nitrogens with zero attached hydrogens (tertiary/aromatic N) is 3. The Kier molecular flexibility index (Phi) is 9.14. The molecule has 184 valence electrons. The van der Waals surface area contributed by atoms with E-state index in [0.717, 1.165) is 35.6 Å². The van der Waals surface area contributed by atoms with Gasteiger partial charge in [0.15, 0.2) is 0 Å². The van der Waals surface area contributed by atoms with E-state index in [2.05, 4.69) is 50.4 Å². The molecule has 3 N–H and O–H groups in total. The van der Waals surface area contributed by atoms with Crippen LogP contribution in [0.4, 0.5) is 0 Å². The lowest BCUT2D eigenvalue weighted by Gasteiger charge is -2.23. The summed E-state index contributed by atoms with van der Waals surface area (Å²) in [7, 11) is 4.11. The molecule has 0 aliphatic rings. The first-order valence-electron chi connectivity index (χ1n) is 11.3. The van der Waals surface area contributed by atoms with Gasteiger partial charge in [-0.1, -0.05) is 39.0 Å². The van der Waals surface area contributed by atoms with Crippen LogP contribution in [0.1, 0.15) is 51.3 Å². The van der Waals surface area contributed by atoms with Gasteiger partial charge in [-0.2, -0.15) is 15.0 Å². The van der Waals surface area contributed by atoms with E-state index in [-0.39, 0.29) is 29.5 Å². The number of likely N-dealkylation sites (N-methyl/N-ethyl adjacent to an activating group) is 1. The number of fused-ring (bicyclic) bond motifs is 1. The van der Waals surface area contributed by atoms with Crippen LogP contribution in [-0.4, -0.2) is 59.2 Å². The molecule has 1 atom stereocenters. The standard InChI is InChI=1S/C23H31N5O2.C2H4O2/c1-23(2,3)17-14-16(10-11-21(17)29)20(15-22(30)24-12-13-27(4)5)28-25-18-8-6-7-9-19(18)26-28;1-2(3)4/h6-11,14,20,29H,12-13,15H2,1-5H3,(H,24,30);1H3,(H,3,4). The zero-order valence-corrected chi connectivity index (χ0v) is 20.8. The van der Waals surface area contributed by atoms with Crippen molar-refractivity contribution in [1.29, 1.82) is 0 Å². The van der Waals surface area contributed by atoms with Gasteiger partial charge in [0.1, 0.15) is 22.8 Å². The second-order valence-corrected chi connectivity index (χ2v) is 9.55. The highest BCUT2D eigenvalue weighted by molar-refractivity contribution is 5.77. The number of hydrogen-bond donors (Lipinski definition) is 3. The number of aliphatic carboxylic acids is 1. The minimum atomic E-state index is -1.08. The van der Waals surface area contributed by atoms with Gasteiger partial charge < -0.3 is 25.2 Å². The topological polar surface area (TPSA) is 125 Å². The Morgan fingerprint density at radius 1 is 1.12 bits per heavy atom. The number of nitrogens with one attached hydrogen (secondary N) is 2. The molecule has 0 spiro atoms. The molecule has 1 heterocycles. The highest BCUT2D eigenvalue weighted by Gasteiger charge is 2.25. The lowest BCUT2D eigenvalue weighted by Crippen LogP contribution is -3.06. The lowest BCUT2D eigenvalue weighted by atomic mass is 9.84. The van der Waals surface area contributed by atoms with Gasteiger partial charge in [0.05, 0.1) is 33.6 Å². The third-order valence-electron chi connectivity index (χ3n) is 5.12. The summed E-state index contributed by atoms with van der Waals surface area (Å²) in [6.07, 6.45) is 0.220. The summed E-state index contributed by atoms with van der Waals surface area (Å²) in [5.41, 5.74) is 3.07. The molecule has 1 aromatic heterocycles. The maximum absolute atomic E-state index is 12.7. The van der Waals surface area contributed by atoms with Crippen LogP contribution in [0.15, 0.2) is 42.5 Å². The van der Waals surface area contributed by atoms with E-state index in [1.807, 2.05) is 36.4 Å². The first-order chi connectivity index (χ1) is 15.9. The van der Waals surface area contributed by atoms with Crippen molar-refractivity contribution in [2.24, 2.45) is 0 Å². The van der Waals surface area contributed by atoms with Crippen LogP contribution in [0.25, 0.3) is 11.0 Å². The van der Waals surface area contributed by atoms with Crippen LogP contribution in [0, 0.1) is 0 Å². The van der Waals surface area contributed by atoms with Crippen molar-refractivity contribution in [3.63, 3.8) is 0 Å². The van der Waals surface area contributed by atoms with E-state index in [9.17, 15) is 9.90 Å². The maximum atomic E-state index is 12.7. The summed E-state index contributed by atoms with van der Waals surface area (Å²) in [4.78, 5) is 24.5. The van der Waals surface area contributed by atoms with E-state index >= 15 is 0 Å². The number of quaternary nitrogens is 1. The molecule has 0 saturated heterocycles. The fourth-order valence-electron chi connectivity index (χ4n) is 3.41. The zero-order valence-electron chi connectivity index (χ0n) is 20.8. The first-order valence-corrected chi connectivity index (χ1v) is 11.3. The van der Waals surface area contributed by atoms with Crippen molar-refractivity contribution in [2.45, 2.75) is 45.6 Å². The van der Waals surface area contributed by atoms with Crippen molar-refractivity contribution in [1.82, 2.24) is 20.3 Å². The average molecular weight is 470 g/mol. The molecule has 34 heavy (non-hydrogen) atoms. The van der Waals surface area contributed by atoms with Gasteiger partial charge in [-0.05, 0) is 47.7 Å². The van der Waals surface area contributed by atoms with Gasteiger partial charge >= 0.3 is 0 Å². The number of amides is 1. The van der Waals surface area contributed by atoms with Crippen molar-refractivity contribution in [2.75, 3.05) is 27.2 Å². The highest BCUT2D eigenvalue weighted by Crippen LogP contribution is 2.34. The molecule has 2 aromatic carbocycles. The van der Waals surface area contributed by atoms with Crippen LogP contribution in [0.3, 0.4) is 0 Å². The summed E-state index contributed by atoms with van der Waals surface area (Å²) in [5, 5.41) is 31.5. The third kappa shape index (κ3) is 7.84. The van der Waals surface area contributed by atoms with Gasteiger partial charge in [0, 0.05) is 5.97 Å². The molecule has 0 saturated carbocycles. The second-order valence-electron chi connectivity index (χ2n) is 9.55. The van der Waals surface area contributed by atoms with Gasteiger partial charge in [0.25, 0.3) is 0 Å². The predicted molar refractivity (Wildman–Crippen MR) is 128 cm³/mol. The van der Waals surface area contributed by atoms with Gasteiger partial charge in [0.2, 0.25) is 5.91 Å². The SMILES string of the molecule is CC(=O)[O-].C[NH+](C)CCNC(=O)CC(c1ccc(O)c(C(C)(C)C)c1)n1nc2ccccc2n1. The second kappa shape index (κ2) is 11.6. The van der Waals surface area contributed by atoms with E-state index in [4.69, 9.17) is 9.90 Å². The number of hydrogen-bond acceptors (Lipinski definition) is 6. The number of aromatic hydroxyl groups is 1. The molecule has 0 fully saturated rings. The molecule has 3 aromatic rings. The Balaban J connectivity index is 0.000000945. The Hall–Kier alpha value is -3.46. The molecule has 0 radical (unpaired) electrons. The van der Waals surface area contributed by atoms with Crippen molar-refractivity contribution < 1.29 is 24.7 Å². The summed E-state index contributed by atoms with van der Waals surface area (Å²) in [6, 6.07) is 12.8. The number of phenolic OH excluding ortho intramolecular Hbond substituents is 1. The molecular formula is C25H35N5O4. The number of carbonyl (C=O) groups excluding carboxylic acids is 2. The van der Waals surface area contributed by atoms with Crippen LogP contribution in [0.5, 0.6) is 5.75 Å². The summed E-state index contributed by atoms with van der Waals surface area (Å²) in [5.74, 6) is -0.880. The number of carboxylic acid groups (broad SMARTS) is 1. The normalized spacial score (nSPS) is 12.2. The fourth-order valence-corrected chi connectivity index (χ4v) is 3.41. The average Bonchev–Trinajstić information content (AvgIpc) is 3.15. The summed E-state index contributed by atoms with van der Waals surface area (Å²) in [6.45, 7) is 8.60. The molecule has 0 aliphatic heterocycles. The minimum absolute atomic E-state index is 0.0482. The van der Waals surface area contributed by atoms with Gasteiger partial charge in [-0.15, -0.1) is 0 Å². The predicted octanol–water partition coefficient (Wildman–Crippen LogP) is 0.431.